The molecule has 1 rings (SSSR count). The van der Waals surface area contributed by atoms with E-state index in [4.69, 9.17) is 10.00 Å². The number of nitrogens with zero attached hydrogens (tertiary/aromatic N) is 2. The van der Waals surface area contributed by atoms with Crippen LogP contribution in [0.2, 0.25) is 0 Å². The van der Waals surface area contributed by atoms with E-state index in [9.17, 15) is 9.90 Å². The molecule has 5 nitrogen and oxygen atoms in total. The highest BCUT2D eigenvalue weighted by molar-refractivity contribution is 5.68. The monoisotopic (exact) mass is 240 g/mol. The lowest BCUT2D eigenvalue weighted by Crippen LogP contribution is -2.38. The maximum atomic E-state index is 11.8. The number of nitriles is 1. The summed E-state index contributed by atoms with van der Waals surface area (Å²) in [5.41, 5.74) is -1.81. The first-order chi connectivity index (χ1) is 7.76. The van der Waals surface area contributed by atoms with Crippen LogP contribution in [0.4, 0.5) is 4.79 Å². The lowest BCUT2D eigenvalue weighted by Gasteiger charge is -2.26. The second kappa shape index (κ2) is 4.92. The molecule has 1 aliphatic heterocycles. The van der Waals surface area contributed by atoms with Crippen molar-refractivity contribution in [2.45, 2.75) is 51.2 Å². The average Bonchev–Trinajstić information content (AvgIpc) is 2.39. The van der Waals surface area contributed by atoms with Crippen molar-refractivity contribution in [2.24, 2.45) is 0 Å². The smallest absolute Gasteiger partial charge is 0.410 e. The third-order valence-corrected chi connectivity index (χ3v) is 2.67. The quantitative estimate of drug-likeness (QED) is 0.653. The first-order valence-electron chi connectivity index (χ1n) is 5.87. The van der Waals surface area contributed by atoms with E-state index in [1.807, 2.05) is 26.8 Å². The van der Waals surface area contributed by atoms with E-state index in [2.05, 4.69) is 0 Å². The summed E-state index contributed by atoms with van der Waals surface area (Å²) in [5, 5.41) is 18.7. The lowest BCUT2D eigenvalue weighted by atomic mass is 9.97. The van der Waals surface area contributed by atoms with Gasteiger partial charge in [0.05, 0.1) is 6.07 Å². The van der Waals surface area contributed by atoms with Crippen LogP contribution in [0, 0.1) is 11.3 Å². The van der Waals surface area contributed by atoms with Crippen molar-refractivity contribution in [3.63, 3.8) is 0 Å². The van der Waals surface area contributed by atoms with Crippen LogP contribution in [0.5, 0.6) is 0 Å². The van der Waals surface area contributed by atoms with Crippen LogP contribution in [-0.2, 0) is 4.74 Å². The molecule has 1 aliphatic rings. The first kappa shape index (κ1) is 13.8. The molecular formula is C12H20N2O3. The SMILES string of the molecule is CC(C)(C)OC(=O)N1CCCC(O)(C#N)CC1. The molecule has 1 saturated heterocycles. The fourth-order valence-corrected chi connectivity index (χ4v) is 1.74. The Morgan fingerprint density at radius 3 is 2.59 bits per heavy atom. The second-order valence-electron chi connectivity index (χ2n) is 5.46. The van der Waals surface area contributed by atoms with Crippen molar-refractivity contribution < 1.29 is 14.6 Å². The van der Waals surface area contributed by atoms with E-state index in [-0.39, 0.29) is 12.5 Å². The van der Waals surface area contributed by atoms with Crippen LogP contribution in [0.25, 0.3) is 0 Å². The second-order valence-corrected chi connectivity index (χ2v) is 5.46. The predicted molar refractivity (Wildman–Crippen MR) is 62.2 cm³/mol. The normalized spacial score (nSPS) is 25.9. The van der Waals surface area contributed by atoms with E-state index in [0.717, 1.165) is 0 Å². The fraction of sp³-hybridized carbons (Fsp3) is 0.833. The molecule has 0 saturated carbocycles. The minimum Gasteiger partial charge on any atom is -0.444 e. The molecule has 0 aromatic rings. The molecule has 1 amide bonds. The van der Waals surface area contributed by atoms with E-state index in [1.54, 1.807) is 4.90 Å². The summed E-state index contributed by atoms with van der Waals surface area (Å²) in [4.78, 5) is 13.4. The lowest BCUT2D eigenvalue weighted by molar-refractivity contribution is 0.0239. The molecule has 1 atom stereocenters. The zero-order valence-corrected chi connectivity index (χ0v) is 10.7. The van der Waals surface area contributed by atoms with Gasteiger partial charge in [-0.1, -0.05) is 0 Å². The number of aliphatic hydroxyl groups is 1. The summed E-state index contributed by atoms with van der Waals surface area (Å²) >= 11 is 0. The molecular weight excluding hydrogens is 220 g/mol. The molecule has 1 heterocycles. The van der Waals surface area contributed by atoms with Crippen molar-refractivity contribution in [2.75, 3.05) is 13.1 Å². The highest BCUT2D eigenvalue weighted by atomic mass is 16.6. The standard InChI is InChI=1S/C12H20N2O3/c1-11(2,3)17-10(15)14-7-4-5-12(16,9-13)6-8-14/h16H,4-8H2,1-3H3. The summed E-state index contributed by atoms with van der Waals surface area (Å²) in [7, 11) is 0. The Balaban J connectivity index is 2.58. The summed E-state index contributed by atoms with van der Waals surface area (Å²) in [6.45, 7) is 6.33. The number of carbonyl (C=O) groups is 1. The molecule has 1 fully saturated rings. The predicted octanol–water partition coefficient (Wildman–Crippen LogP) is 1.66. The van der Waals surface area contributed by atoms with Crippen LogP contribution < -0.4 is 0 Å². The van der Waals surface area contributed by atoms with Gasteiger partial charge in [0.15, 0.2) is 5.60 Å². The van der Waals surface area contributed by atoms with Crippen molar-refractivity contribution in [1.29, 1.82) is 5.26 Å². The molecule has 96 valence electrons. The van der Waals surface area contributed by atoms with Gasteiger partial charge in [0.1, 0.15) is 5.60 Å². The largest absolute Gasteiger partial charge is 0.444 e. The molecule has 1 unspecified atom stereocenters. The molecule has 1 N–H and O–H groups in total. The molecule has 0 aromatic carbocycles. The van der Waals surface area contributed by atoms with E-state index < -0.39 is 11.2 Å². The molecule has 0 bridgehead atoms. The van der Waals surface area contributed by atoms with Crippen molar-refractivity contribution in [3.05, 3.63) is 0 Å². The van der Waals surface area contributed by atoms with Crippen LogP contribution in [0.1, 0.15) is 40.0 Å². The third-order valence-electron chi connectivity index (χ3n) is 2.67. The van der Waals surface area contributed by atoms with Gasteiger partial charge in [-0.2, -0.15) is 5.26 Å². The molecule has 5 heteroatoms. The first-order valence-corrected chi connectivity index (χ1v) is 5.87. The zero-order chi connectivity index (χ0) is 13.1. The van der Waals surface area contributed by atoms with Gasteiger partial charge in [0.25, 0.3) is 0 Å². The summed E-state index contributed by atoms with van der Waals surface area (Å²) in [6, 6.07) is 1.90. The van der Waals surface area contributed by atoms with Crippen LogP contribution >= 0.6 is 0 Å². The van der Waals surface area contributed by atoms with Gasteiger partial charge in [-0.15, -0.1) is 0 Å². The Morgan fingerprint density at radius 1 is 1.41 bits per heavy atom. The molecule has 0 aliphatic carbocycles. The minimum atomic E-state index is -1.29. The van der Waals surface area contributed by atoms with E-state index in [1.165, 1.54) is 0 Å². The number of ether oxygens (including phenoxy) is 1. The summed E-state index contributed by atoms with van der Waals surface area (Å²) in [5.74, 6) is 0. The number of amides is 1. The van der Waals surface area contributed by atoms with Crippen molar-refractivity contribution in [3.8, 4) is 6.07 Å². The minimum absolute atomic E-state index is 0.280. The van der Waals surface area contributed by atoms with Gasteiger partial charge in [-0.05, 0) is 33.6 Å². The van der Waals surface area contributed by atoms with Crippen LogP contribution in [0.15, 0.2) is 0 Å². The Morgan fingerprint density at radius 2 is 2.06 bits per heavy atom. The topological polar surface area (TPSA) is 73.6 Å². The Bertz CT molecular complexity index is 330. The van der Waals surface area contributed by atoms with Gasteiger partial charge >= 0.3 is 6.09 Å². The van der Waals surface area contributed by atoms with E-state index >= 15 is 0 Å². The summed E-state index contributed by atoms with van der Waals surface area (Å²) in [6.07, 6.45) is 0.925. The van der Waals surface area contributed by atoms with Crippen LogP contribution in [-0.4, -0.2) is 40.4 Å². The van der Waals surface area contributed by atoms with Gasteiger partial charge in [-0.3, -0.25) is 0 Å². The Labute approximate surface area is 102 Å². The summed E-state index contributed by atoms with van der Waals surface area (Å²) < 4.78 is 5.26. The fourth-order valence-electron chi connectivity index (χ4n) is 1.74. The number of rotatable bonds is 0. The maximum Gasteiger partial charge on any atom is 0.410 e. The number of hydrogen-bond donors (Lipinski definition) is 1. The number of likely N-dealkylation sites (tertiary alicyclic amines) is 1. The highest BCUT2D eigenvalue weighted by Gasteiger charge is 2.32. The molecule has 17 heavy (non-hydrogen) atoms. The van der Waals surface area contributed by atoms with Crippen molar-refractivity contribution in [1.82, 2.24) is 4.90 Å². The zero-order valence-electron chi connectivity index (χ0n) is 10.7. The van der Waals surface area contributed by atoms with Gasteiger partial charge in [-0.25, -0.2) is 4.79 Å². The highest BCUT2D eigenvalue weighted by Crippen LogP contribution is 2.22. The van der Waals surface area contributed by atoms with Crippen LogP contribution in [0.3, 0.4) is 0 Å². The Kier molecular flexibility index (Phi) is 3.99. The van der Waals surface area contributed by atoms with Gasteiger partial charge in [0.2, 0.25) is 0 Å². The Hall–Kier alpha value is -1.28. The number of carbonyl (C=O) groups excluding carboxylic acids is 1. The molecule has 0 aromatic heterocycles. The average molecular weight is 240 g/mol. The maximum absolute atomic E-state index is 11.8. The molecule has 0 spiro atoms. The number of hydrogen-bond acceptors (Lipinski definition) is 4. The van der Waals surface area contributed by atoms with Gasteiger partial charge < -0.3 is 14.7 Å². The van der Waals surface area contributed by atoms with E-state index in [0.29, 0.717) is 25.9 Å². The third kappa shape index (κ3) is 4.23. The van der Waals surface area contributed by atoms with Gasteiger partial charge in [0, 0.05) is 19.5 Å². The van der Waals surface area contributed by atoms with Crippen molar-refractivity contribution >= 4 is 6.09 Å². The molecule has 0 radical (unpaired) electrons.